The molecule has 2 atom stereocenters. The zero-order valence-corrected chi connectivity index (χ0v) is 16.5. The molecule has 156 valence electrons. The Kier molecular flexibility index (Phi) is 5.24. The second-order valence-corrected chi connectivity index (χ2v) is 9.32. The highest BCUT2D eigenvalue weighted by Gasteiger charge is 2.51. The maximum absolute atomic E-state index is 12.4. The fourth-order valence-electron chi connectivity index (χ4n) is 6.45. The molecule has 4 aliphatic carbocycles. The fraction of sp³-hybridized carbons (Fsp3) is 0.850. The largest absolute Gasteiger partial charge is 0.480 e. The van der Waals surface area contributed by atoms with E-state index in [2.05, 4.69) is 10.6 Å². The van der Waals surface area contributed by atoms with Gasteiger partial charge >= 0.3 is 12.0 Å². The number of hydrogen-bond donors (Lipinski definition) is 3. The van der Waals surface area contributed by atoms with Gasteiger partial charge in [0.05, 0.1) is 6.10 Å². The molecule has 0 radical (unpaired) electrons. The molecule has 28 heavy (non-hydrogen) atoms. The Labute approximate surface area is 165 Å². The first-order valence-corrected chi connectivity index (χ1v) is 10.5. The van der Waals surface area contributed by atoms with Crippen molar-refractivity contribution in [3.8, 4) is 0 Å². The third kappa shape index (κ3) is 3.83. The monoisotopic (exact) mass is 393 g/mol. The first-order chi connectivity index (χ1) is 13.4. The molecule has 4 saturated carbocycles. The van der Waals surface area contributed by atoms with E-state index in [1.807, 2.05) is 0 Å². The summed E-state index contributed by atoms with van der Waals surface area (Å²) in [5, 5.41) is 15.3. The quantitative estimate of drug-likeness (QED) is 0.631. The number of urea groups is 1. The van der Waals surface area contributed by atoms with Gasteiger partial charge < -0.3 is 25.4 Å². The van der Waals surface area contributed by atoms with E-state index in [1.54, 1.807) is 0 Å². The third-order valence-corrected chi connectivity index (χ3v) is 7.24. The number of hydrogen-bond acceptors (Lipinski definition) is 4. The lowest BCUT2D eigenvalue weighted by Gasteiger charge is -2.56. The molecule has 8 nitrogen and oxygen atoms in total. The Balaban J connectivity index is 1.24. The molecule has 0 aromatic rings. The molecule has 2 unspecified atom stereocenters. The molecule has 1 aliphatic heterocycles. The first-order valence-electron chi connectivity index (χ1n) is 10.5. The molecule has 5 rings (SSSR count). The number of carbonyl (C=O) groups is 3. The smallest absolute Gasteiger partial charge is 0.326 e. The van der Waals surface area contributed by atoms with E-state index in [0.717, 1.165) is 37.0 Å². The van der Waals surface area contributed by atoms with Gasteiger partial charge in [0.25, 0.3) is 0 Å². The Morgan fingerprint density at radius 3 is 2.21 bits per heavy atom. The summed E-state index contributed by atoms with van der Waals surface area (Å²) in [6, 6.07) is -1.06. The molecule has 3 N–H and O–H groups in total. The van der Waals surface area contributed by atoms with Gasteiger partial charge in [-0.25, -0.2) is 9.59 Å². The average molecular weight is 393 g/mol. The van der Waals surface area contributed by atoms with E-state index in [1.165, 1.54) is 31.3 Å². The zero-order chi connectivity index (χ0) is 19.9. The first kappa shape index (κ1) is 19.5. The van der Waals surface area contributed by atoms with Crippen LogP contribution < -0.4 is 10.6 Å². The Bertz CT molecular complexity index is 616. The van der Waals surface area contributed by atoms with Crippen molar-refractivity contribution in [3.63, 3.8) is 0 Å². The molecule has 5 fully saturated rings. The van der Waals surface area contributed by atoms with Gasteiger partial charge in [-0.05, 0) is 56.3 Å². The predicted molar refractivity (Wildman–Crippen MR) is 101 cm³/mol. The summed E-state index contributed by atoms with van der Waals surface area (Å²) in [6.07, 6.45) is 7.34. The zero-order valence-electron chi connectivity index (χ0n) is 16.5. The number of carboxylic acids is 1. The minimum atomic E-state index is -1.01. The molecule has 0 spiro atoms. The highest BCUT2D eigenvalue weighted by Crippen LogP contribution is 2.55. The average Bonchev–Trinajstić information content (AvgIpc) is 3.05. The standard InChI is InChI=1S/C20H31N3O5/c1-28-15-7-16(18(25)26)23(11-15)17(24)2-3-21-19(27)22-20-8-12-4-13(9-20)6-14(5-12)10-20/h12-16H,2-11H2,1H3,(H,25,26)(H2,21,22,27). The van der Waals surface area contributed by atoms with E-state index in [9.17, 15) is 19.5 Å². The van der Waals surface area contributed by atoms with Crippen molar-refractivity contribution in [1.29, 1.82) is 0 Å². The number of aliphatic carboxylic acids is 1. The Hall–Kier alpha value is -1.83. The summed E-state index contributed by atoms with van der Waals surface area (Å²) in [7, 11) is 1.52. The number of nitrogens with zero attached hydrogens (tertiary/aromatic N) is 1. The van der Waals surface area contributed by atoms with Crippen LogP contribution in [0.25, 0.3) is 0 Å². The highest BCUT2D eigenvalue weighted by molar-refractivity contribution is 5.85. The number of nitrogens with one attached hydrogen (secondary N) is 2. The van der Waals surface area contributed by atoms with Crippen molar-refractivity contribution in [2.45, 2.75) is 69.1 Å². The van der Waals surface area contributed by atoms with E-state index in [0.29, 0.717) is 6.42 Å². The molecule has 1 heterocycles. The van der Waals surface area contributed by atoms with E-state index in [4.69, 9.17) is 4.74 Å². The topological polar surface area (TPSA) is 108 Å². The number of rotatable bonds is 6. The number of amides is 3. The summed E-state index contributed by atoms with van der Waals surface area (Å²) >= 11 is 0. The third-order valence-electron chi connectivity index (χ3n) is 7.24. The van der Waals surface area contributed by atoms with Crippen LogP contribution in [0.5, 0.6) is 0 Å². The second kappa shape index (κ2) is 7.54. The summed E-state index contributed by atoms with van der Waals surface area (Å²) < 4.78 is 5.21. The lowest BCUT2D eigenvalue weighted by molar-refractivity contribution is -0.148. The van der Waals surface area contributed by atoms with Gasteiger partial charge in [-0.2, -0.15) is 0 Å². The van der Waals surface area contributed by atoms with Crippen LogP contribution in [0.3, 0.4) is 0 Å². The lowest BCUT2D eigenvalue weighted by atomic mass is 9.53. The molecule has 1 saturated heterocycles. The molecule has 3 amide bonds. The molecule has 5 aliphatic rings. The van der Waals surface area contributed by atoms with Gasteiger partial charge in [0.15, 0.2) is 0 Å². The molecule has 8 heteroatoms. The van der Waals surface area contributed by atoms with Crippen molar-refractivity contribution < 1.29 is 24.2 Å². The maximum Gasteiger partial charge on any atom is 0.326 e. The molecular formula is C20H31N3O5. The van der Waals surface area contributed by atoms with E-state index >= 15 is 0 Å². The molecule has 4 bridgehead atoms. The van der Waals surface area contributed by atoms with Crippen molar-refractivity contribution in [2.75, 3.05) is 20.2 Å². The number of likely N-dealkylation sites (tertiary alicyclic amines) is 1. The Morgan fingerprint density at radius 1 is 1.07 bits per heavy atom. The molecular weight excluding hydrogens is 362 g/mol. The normalized spacial score (nSPS) is 38.5. The van der Waals surface area contributed by atoms with Crippen LogP contribution in [0.4, 0.5) is 4.79 Å². The van der Waals surface area contributed by atoms with E-state index in [-0.39, 0.29) is 43.1 Å². The van der Waals surface area contributed by atoms with Gasteiger partial charge in [-0.15, -0.1) is 0 Å². The highest BCUT2D eigenvalue weighted by atomic mass is 16.5. The summed E-state index contributed by atoms with van der Waals surface area (Å²) in [5.74, 6) is 0.988. The van der Waals surface area contributed by atoms with Gasteiger partial charge in [-0.3, -0.25) is 4.79 Å². The van der Waals surface area contributed by atoms with Crippen LogP contribution in [0.15, 0.2) is 0 Å². The van der Waals surface area contributed by atoms with Gasteiger partial charge in [0, 0.05) is 38.6 Å². The lowest BCUT2D eigenvalue weighted by Crippen LogP contribution is -2.61. The fourth-order valence-corrected chi connectivity index (χ4v) is 6.45. The van der Waals surface area contributed by atoms with Crippen LogP contribution in [-0.4, -0.2) is 65.8 Å². The number of methoxy groups -OCH3 is 1. The van der Waals surface area contributed by atoms with Crippen molar-refractivity contribution in [2.24, 2.45) is 17.8 Å². The van der Waals surface area contributed by atoms with Gasteiger partial charge in [0.1, 0.15) is 6.04 Å². The van der Waals surface area contributed by atoms with Gasteiger partial charge in [-0.1, -0.05) is 0 Å². The van der Waals surface area contributed by atoms with Crippen LogP contribution in [0.1, 0.15) is 51.4 Å². The number of ether oxygens (including phenoxy) is 1. The Morgan fingerprint density at radius 2 is 1.68 bits per heavy atom. The number of carbonyl (C=O) groups excluding carboxylic acids is 2. The van der Waals surface area contributed by atoms with Crippen LogP contribution in [0.2, 0.25) is 0 Å². The predicted octanol–water partition coefficient (Wildman–Crippen LogP) is 1.35. The van der Waals surface area contributed by atoms with Gasteiger partial charge in [0.2, 0.25) is 5.91 Å². The van der Waals surface area contributed by atoms with Crippen molar-refractivity contribution in [1.82, 2.24) is 15.5 Å². The van der Waals surface area contributed by atoms with Crippen LogP contribution in [-0.2, 0) is 14.3 Å². The molecule has 0 aromatic carbocycles. The van der Waals surface area contributed by atoms with E-state index < -0.39 is 12.0 Å². The SMILES string of the molecule is COC1CC(C(=O)O)N(C(=O)CCNC(=O)NC23CC4CC(CC(C4)C2)C3)C1. The van der Waals surface area contributed by atoms with Crippen LogP contribution in [0, 0.1) is 17.8 Å². The summed E-state index contributed by atoms with van der Waals surface area (Å²) in [6.45, 7) is 0.489. The minimum Gasteiger partial charge on any atom is -0.480 e. The summed E-state index contributed by atoms with van der Waals surface area (Å²) in [4.78, 5) is 37.6. The summed E-state index contributed by atoms with van der Waals surface area (Å²) in [5.41, 5.74) is -0.0577. The van der Waals surface area contributed by atoms with Crippen molar-refractivity contribution in [3.05, 3.63) is 0 Å². The molecule has 0 aromatic heterocycles. The second-order valence-electron chi connectivity index (χ2n) is 9.32. The van der Waals surface area contributed by atoms with Crippen molar-refractivity contribution >= 4 is 17.9 Å². The minimum absolute atomic E-state index is 0.0577. The maximum atomic E-state index is 12.4. The number of carboxylic acid groups (broad SMARTS) is 1. The van der Waals surface area contributed by atoms with Crippen LogP contribution >= 0.6 is 0 Å².